The number of carbonyl (C=O) groups excluding carboxylic acids is 2. The number of benzene rings is 1. The molecule has 0 radical (unpaired) electrons. The van der Waals surface area contributed by atoms with E-state index in [0.29, 0.717) is 38.5 Å². The maximum atomic E-state index is 12.9. The van der Waals surface area contributed by atoms with Gasteiger partial charge in [-0.15, -0.1) is 0 Å². The average molecular weight is 529 g/mol. The SMILES string of the molecule is Cc1ccc(S(=O)(=O)ONC(CC(C)C)C(=O)OC2CCC(OC(=O)C(CC(C)C)ON)CC2)cc1. The van der Waals surface area contributed by atoms with Crippen LogP contribution in [0.1, 0.15) is 71.8 Å². The highest BCUT2D eigenvalue weighted by molar-refractivity contribution is 7.86. The summed E-state index contributed by atoms with van der Waals surface area (Å²) >= 11 is 0. The van der Waals surface area contributed by atoms with Gasteiger partial charge in [0.2, 0.25) is 0 Å². The first-order chi connectivity index (χ1) is 16.9. The summed E-state index contributed by atoms with van der Waals surface area (Å²) < 4.78 is 41.2. The molecule has 0 amide bonds. The first kappa shape index (κ1) is 30.2. The van der Waals surface area contributed by atoms with Gasteiger partial charge in [-0.2, -0.15) is 18.2 Å². The number of hydrogen-bond donors (Lipinski definition) is 2. The average Bonchev–Trinajstić information content (AvgIpc) is 2.81. The van der Waals surface area contributed by atoms with Crippen LogP contribution in [0.25, 0.3) is 0 Å². The van der Waals surface area contributed by atoms with Crippen LogP contribution < -0.4 is 11.4 Å². The highest BCUT2D eigenvalue weighted by Gasteiger charge is 2.32. The molecule has 1 fully saturated rings. The molecule has 0 spiro atoms. The third-order valence-corrected chi connectivity index (χ3v) is 7.07. The summed E-state index contributed by atoms with van der Waals surface area (Å²) in [6.45, 7) is 9.59. The van der Waals surface area contributed by atoms with Crippen molar-refractivity contribution in [2.75, 3.05) is 0 Å². The zero-order valence-corrected chi connectivity index (χ0v) is 22.6. The molecule has 0 heterocycles. The van der Waals surface area contributed by atoms with E-state index in [1.54, 1.807) is 12.1 Å². The Morgan fingerprint density at radius 2 is 1.42 bits per heavy atom. The Hall–Kier alpha value is -2.05. The molecular weight excluding hydrogens is 488 g/mol. The van der Waals surface area contributed by atoms with Crippen molar-refractivity contribution in [2.45, 2.75) is 102 Å². The molecular formula is C25H40N2O8S. The summed E-state index contributed by atoms with van der Waals surface area (Å²) in [4.78, 5) is 29.9. The Labute approximate surface area is 214 Å². The summed E-state index contributed by atoms with van der Waals surface area (Å²) in [6, 6.07) is 5.25. The number of hydroxylamine groups is 1. The van der Waals surface area contributed by atoms with E-state index >= 15 is 0 Å². The standard InChI is InChI=1S/C25H40N2O8S/c1-16(2)14-22(27-35-36(30,31)21-12-6-18(5)7-13-21)24(28)32-19-8-10-20(11-9-19)33-25(29)23(34-26)15-17(3)4/h6-7,12-13,16-17,19-20,22-23,27H,8-11,14-15,26H2,1-5H3. The van der Waals surface area contributed by atoms with Crippen LogP contribution >= 0.6 is 0 Å². The van der Waals surface area contributed by atoms with Crippen molar-refractivity contribution in [3.05, 3.63) is 29.8 Å². The molecule has 1 aromatic carbocycles. The fourth-order valence-electron chi connectivity index (χ4n) is 3.93. The molecule has 0 bridgehead atoms. The highest BCUT2D eigenvalue weighted by Crippen LogP contribution is 2.25. The van der Waals surface area contributed by atoms with E-state index in [1.165, 1.54) is 12.1 Å². The van der Waals surface area contributed by atoms with Crippen molar-refractivity contribution in [1.82, 2.24) is 5.48 Å². The molecule has 0 aliphatic heterocycles. The van der Waals surface area contributed by atoms with Gasteiger partial charge in [0, 0.05) is 0 Å². The number of aryl methyl sites for hydroxylation is 1. The minimum atomic E-state index is -4.10. The van der Waals surface area contributed by atoms with Gasteiger partial charge in [0.15, 0.2) is 6.10 Å². The quantitative estimate of drug-likeness (QED) is 0.289. The van der Waals surface area contributed by atoms with Crippen LogP contribution in [0.2, 0.25) is 0 Å². The lowest BCUT2D eigenvalue weighted by Crippen LogP contribution is -2.42. The first-order valence-electron chi connectivity index (χ1n) is 12.4. The molecule has 2 atom stereocenters. The number of esters is 2. The van der Waals surface area contributed by atoms with E-state index in [-0.39, 0.29) is 28.9 Å². The molecule has 2 rings (SSSR count). The molecule has 2 unspecified atom stereocenters. The second-order valence-corrected chi connectivity index (χ2v) is 11.7. The summed E-state index contributed by atoms with van der Waals surface area (Å²) in [5, 5.41) is 0. The smallest absolute Gasteiger partial charge is 0.337 e. The van der Waals surface area contributed by atoms with Crippen LogP contribution in [-0.4, -0.2) is 44.7 Å². The van der Waals surface area contributed by atoms with Crippen LogP contribution in [0, 0.1) is 18.8 Å². The van der Waals surface area contributed by atoms with Crippen molar-refractivity contribution >= 4 is 22.1 Å². The van der Waals surface area contributed by atoms with Crippen LogP contribution in [0.4, 0.5) is 0 Å². The Kier molecular flexibility index (Phi) is 11.8. The highest BCUT2D eigenvalue weighted by atomic mass is 32.2. The van der Waals surface area contributed by atoms with E-state index in [2.05, 4.69) is 5.48 Å². The number of hydrogen-bond acceptors (Lipinski definition) is 10. The molecule has 1 saturated carbocycles. The van der Waals surface area contributed by atoms with Gasteiger partial charge in [-0.1, -0.05) is 45.4 Å². The first-order valence-corrected chi connectivity index (χ1v) is 13.8. The largest absolute Gasteiger partial charge is 0.461 e. The van der Waals surface area contributed by atoms with Gasteiger partial charge in [0.1, 0.15) is 18.2 Å². The number of carbonyl (C=O) groups is 2. The maximum absolute atomic E-state index is 12.9. The lowest BCUT2D eigenvalue weighted by molar-refractivity contribution is -0.170. The number of ether oxygens (including phenoxy) is 2. The van der Waals surface area contributed by atoms with Crippen molar-refractivity contribution in [3.8, 4) is 0 Å². The zero-order chi connectivity index (χ0) is 26.9. The van der Waals surface area contributed by atoms with E-state index in [4.69, 9.17) is 24.5 Å². The van der Waals surface area contributed by atoms with Crippen LogP contribution in [0.15, 0.2) is 29.2 Å². The summed E-state index contributed by atoms with van der Waals surface area (Å²) in [5.74, 6) is 4.48. The van der Waals surface area contributed by atoms with Gasteiger partial charge in [-0.3, -0.25) is 9.63 Å². The summed E-state index contributed by atoms with van der Waals surface area (Å²) in [5.41, 5.74) is 3.32. The minimum Gasteiger partial charge on any atom is -0.461 e. The summed E-state index contributed by atoms with van der Waals surface area (Å²) in [7, 11) is -4.10. The van der Waals surface area contributed by atoms with Crippen molar-refractivity contribution < 1.29 is 36.6 Å². The van der Waals surface area contributed by atoms with E-state index in [1.807, 2.05) is 34.6 Å². The molecule has 36 heavy (non-hydrogen) atoms. The van der Waals surface area contributed by atoms with Crippen LogP contribution in [0.5, 0.6) is 0 Å². The number of nitrogens with one attached hydrogen (secondary N) is 1. The Morgan fingerprint density at radius 3 is 1.89 bits per heavy atom. The van der Waals surface area contributed by atoms with E-state index < -0.39 is 34.2 Å². The molecule has 0 aromatic heterocycles. The van der Waals surface area contributed by atoms with E-state index in [9.17, 15) is 18.0 Å². The molecule has 3 N–H and O–H groups in total. The molecule has 1 aliphatic rings. The zero-order valence-electron chi connectivity index (χ0n) is 21.8. The van der Waals surface area contributed by atoms with Gasteiger partial charge in [0.25, 0.3) is 0 Å². The molecule has 11 heteroatoms. The Bertz CT molecular complexity index is 941. The van der Waals surface area contributed by atoms with Crippen molar-refractivity contribution in [2.24, 2.45) is 17.7 Å². The Balaban J connectivity index is 1.88. The molecule has 0 saturated heterocycles. The normalized spacial score (nSPS) is 20.2. The molecule has 10 nitrogen and oxygen atoms in total. The van der Waals surface area contributed by atoms with Gasteiger partial charge in [0.05, 0.1) is 4.90 Å². The second-order valence-electron chi connectivity index (χ2n) is 10.2. The fourth-order valence-corrected chi connectivity index (χ4v) is 4.74. The van der Waals surface area contributed by atoms with Crippen LogP contribution in [-0.2, 0) is 38.3 Å². The van der Waals surface area contributed by atoms with Crippen LogP contribution in [0.3, 0.4) is 0 Å². The third-order valence-electron chi connectivity index (χ3n) is 5.90. The number of rotatable bonds is 13. The van der Waals surface area contributed by atoms with Gasteiger partial charge >= 0.3 is 22.1 Å². The fraction of sp³-hybridized carbons (Fsp3) is 0.680. The van der Waals surface area contributed by atoms with Crippen molar-refractivity contribution in [1.29, 1.82) is 0 Å². The lowest BCUT2D eigenvalue weighted by atomic mass is 9.94. The predicted molar refractivity (Wildman–Crippen MR) is 133 cm³/mol. The second kappa shape index (κ2) is 14.0. The van der Waals surface area contributed by atoms with E-state index in [0.717, 1.165) is 5.56 Å². The molecule has 204 valence electrons. The monoisotopic (exact) mass is 528 g/mol. The molecule has 1 aromatic rings. The molecule has 1 aliphatic carbocycles. The predicted octanol–water partition coefficient (Wildman–Crippen LogP) is 3.32. The van der Waals surface area contributed by atoms with Gasteiger partial charge in [-0.25, -0.2) is 10.7 Å². The minimum absolute atomic E-state index is 0.0131. The third kappa shape index (κ3) is 9.78. The Morgan fingerprint density at radius 1 is 0.917 bits per heavy atom. The van der Waals surface area contributed by atoms with Gasteiger partial charge < -0.3 is 9.47 Å². The lowest BCUT2D eigenvalue weighted by Gasteiger charge is -2.30. The summed E-state index contributed by atoms with van der Waals surface area (Å²) in [6.07, 6.45) is 1.41. The maximum Gasteiger partial charge on any atom is 0.337 e. The topological polar surface area (TPSA) is 143 Å². The number of nitrogens with two attached hydrogens (primary N) is 1. The van der Waals surface area contributed by atoms with Gasteiger partial charge in [-0.05, 0) is 69.4 Å². The van der Waals surface area contributed by atoms with Crippen molar-refractivity contribution in [3.63, 3.8) is 0 Å².